The van der Waals surface area contributed by atoms with Crippen molar-refractivity contribution in [2.75, 3.05) is 26.4 Å². The third-order valence-electron chi connectivity index (χ3n) is 3.09. The van der Waals surface area contributed by atoms with Crippen LogP contribution in [0.25, 0.3) is 0 Å². The lowest BCUT2D eigenvalue weighted by Gasteiger charge is -2.35. The Morgan fingerprint density at radius 3 is 0.952 bits per heavy atom. The molecule has 0 aromatic rings. The van der Waals surface area contributed by atoms with E-state index < -0.39 is 17.1 Å². The van der Waals surface area contributed by atoms with Crippen molar-refractivity contribution in [2.45, 2.75) is 72.1 Å². The normalized spacial score (nSPS) is 12.9. The van der Waals surface area contributed by atoms with Crippen molar-refractivity contribution in [1.82, 2.24) is 0 Å². The van der Waals surface area contributed by atoms with Crippen molar-refractivity contribution in [2.24, 2.45) is 0 Å². The molecular weight excluding hydrogens is 300 g/mol. The summed E-state index contributed by atoms with van der Waals surface area (Å²) in [6, 6.07) is 0. The molecule has 0 spiro atoms. The molecule has 0 aliphatic heterocycles. The summed E-state index contributed by atoms with van der Waals surface area (Å²) in [6.45, 7) is 15.9. The predicted octanol–water partition coefficient (Wildman–Crippen LogP) is 4.38. The van der Waals surface area contributed by atoms with Gasteiger partial charge in [-0.2, -0.15) is 0 Å². The third kappa shape index (κ3) is 9.81. The van der Waals surface area contributed by atoms with E-state index in [0.29, 0.717) is 0 Å². The molecule has 0 amide bonds. The minimum absolute atomic E-state index is 0.762. The average Bonchev–Trinajstić information content (AvgIpc) is 2.47. The molecule has 0 unspecified atom stereocenters. The Morgan fingerprint density at radius 1 is 0.524 bits per heavy atom. The quantitative estimate of drug-likeness (QED) is 0.441. The lowest BCUT2D eigenvalue weighted by molar-refractivity contribution is 0.154. The molecule has 0 saturated carbocycles. The molecular formula is C15H36O4Si2. The van der Waals surface area contributed by atoms with Crippen LogP contribution in [0.5, 0.6) is 0 Å². The van der Waals surface area contributed by atoms with Gasteiger partial charge in [-0.3, -0.25) is 0 Å². The van der Waals surface area contributed by atoms with Gasteiger partial charge in [-0.05, 0) is 38.8 Å². The highest BCUT2D eigenvalue weighted by molar-refractivity contribution is 6.84. The molecule has 21 heavy (non-hydrogen) atoms. The van der Waals surface area contributed by atoms with Gasteiger partial charge in [0.1, 0.15) is 0 Å². The Hall–Kier alpha value is 0.274. The molecule has 0 bridgehead atoms. The van der Waals surface area contributed by atoms with Crippen LogP contribution >= 0.6 is 0 Å². The van der Waals surface area contributed by atoms with Gasteiger partial charge < -0.3 is 17.7 Å². The monoisotopic (exact) mass is 336 g/mol. The van der Waals surface area contributed by atoms with Crippen molar-refractivity contribution in [3.63, 3.8) is 0 Å². The van der Waals surface area contributed by atoms with E-state index in [4.69, 9.17) is 17.7 Å². The van der Waals surface area contributed by atoms with Crippen molar-refractivity contribution >= 4 is 17.1 Å². The highest BCUT2D eigenvalue weighted by Gasteiger charge is 2.45. The number of rotatable bonds is 14. The van der Waals surface area contributed by atoms with Gasteiger partial charge in [0.2, 0.25) is 0 Å². The first-order valence-corrected chi connectivity index (χ1v) is 13.6. The molecule has 0 radical (unpaired) electrons. The first kappa shape index (κ1) is 21.3. The van der Waals surface area contributed by atoms with Gasteiger partial charge in [-0.15, -0.1) is 0 Å². The summed E-state index contributed by atoms with van der Waals surface area (Å²) >= 11 is 0. The molecule has 0 heterocycles. The Balaban J connectivity index is 4.80. The Kier molecular flexibility index (Phi) is 11.9. The fourth-order valence-electron chi connectivity index (χ4n) is 2.14. The zero-order valence-corrected chi connectivity index (χ0v) is 17.0. The maximum absolute atomic E-state index is 6.13. The van der Waals surface area contributed by atoms with Crippen LogP contribution in [0.1, 0.15) is 53.4 Å². The number of hydrogen-bond acceptors (Lipinski definition) is 4. The van der Waals surface area contributed by atoms with Crippen LogP contribution in [0.15, 0.2) is 0 Å². The fraction of sp³-hybridized carbons (Fsp3) is 1.00. The van der Waals surface area contributed by atoms with Crippen LogP contribution in [0, 0.1) is 0 Å². The van der Waals surface area contributed by atoms with Crippen LogP contribution in [0.2, 0.25) is 18.8 Å². The summed E-state index contributed by atoms with van der Waals surface area (Å²) < 4.78 is 24.5. The van der Waals surface area contributed by atoms with Crippen LogP contribution in [-0.2, 0) is 17.7 Å². The van der Waals surface area contributed by atoms with Crippen molar-refractivity contribution in [3.8, 4) is 0 Å². The predicted molar refractivity (Wildman–Crippen MR) is 93.0 cm³/mol. The zero-order valence-electron chi connectivity index (χ0n) is 15.0. The first-order valence-electron chi connectivity index (χ1n) is 8.51. The van der Waals surface area contributed by atoms with Crippen molar-refractivity contribution < 1.29 is 17.7 Å². The summed E-state index contributed by atoms with van der Waals surface area (Å²) in [5.74, 6) is 0. The van der Waals surface area contributed by atoms with Gasteiger partial charge >= 0.3 is 17.1 Å². The summed E-state index contributed by atoms with van der Waals surface area (Å²) in [4.78, 5) is 0. The van der Waals surface area contributed by atoms with Crippen LogP contribution < -0.4 is 0 Å². The molecule has 0 atom stereocenters. The Bertz CT molecular complexity index is 212. The molecule has 0 saturated heterocycles. The molecule has 0 aliphatic rings. The summed E-state index contributed by atoms with van der Waals surface area (Å²) in [6.07, 6.45) is 4.06. The standard InChI is InChI=1S/C15H36O4Si2/c1-7-11-16-20(5,17-12-8-2)15-21(6,18-13-9-3)19-14-10-4/h7-15H2,1-6H3. The topological polar surface area (TPSA) is 36.9 Å². The van der Waals surface area contributed by atoms with E-state index in [-0.39, 0.29) is 0 Å². The van der Waals surface area contributed by atoms with Crippen molar-refractivity contribution in [3.05, 3.63) is 0 Å². The zero-order chi connectivity index (χ0) is 16.2. The van der Waals surface area contributed by atoms with Gasteiger partial charge in [-0.1, -0.05) is 27.7 Å². The van der Waals surface area contributed by atoms with Gasteiger partial charge in [0.15, 0.2) is 0 Å². The molecule has 0 aromatic carbocycles. The van der Waals surface area contributed by atoms with E-state index in [1.807, 2.05) is 0 Å². The molecule has 0 fully saturated rings. The van der Waals surface area contributed by atoms with E-state index in [9.17, 15) is 0 Å². The van der Waals surface area contributed by atoms with Gasteiger partial charge in [0, 0.05) is 32.1 Å². The first-order chi connectivity index (χ1) is 9.95. The number of hydrogen-bond donors (Lipinski definition) is 0. The SMILES string of the molecule is CCCO[Si](C)(C[Si](C)(OCCC)OCCC)OCCC. The molecule has 0 N–H and O–H groups in total. The maximum atomic E-state index is 6.13. The average molecular weight is 337 g/mol. The largest absolute Gasteiger partial charge is 0.394 e. The molecule has 0 rings (SSSR count). The molecule has 128 valence electrons. The minimum atomic E-state index is -2.22. The second kappa shape index (κ2) is 11.8. The molecule has 4 nitrogen and oxygen atoms in total. The van der Waals surface area contributed by atoms with Crippen molar-refractivity contribution in [1.29, 1.82) is 0 Å². The van der Waals surface area contributed by atoms with Gasteiger partial charge in [0.05, 0.1) is 0 Å². The maximum Gasteiger partial charge on any atom is 0.336 e. The Morgan fingerprint density at radius 2 is 0.762 bits per heavy atom. The van der Waals surface area contributed by atoms with E-state index in [0.717, 1.165) is 57.8 Å². The second-order valence-corrected chi connectivity index (χ2v) is 12.9. The third-order valence-corrected chi connectivity index (χ3v) is 11.5. The van der Waals surface area contributed by atoms with Crippen LogP contribution in [0.4, 0.5) is 0 Å². The molecule has 6 heteroatoms. The summed E-state index contributed by atoms with van der Waals surface area (Å²) in [5, 5.41) is 0. The highest BCUT2D eigenvalue weighted by atomic mass is 28.4. The Labute approximate surface area is 134 Å². The lowest BCUT2D eigenvalue weighted by atomic mass is 10.5. The van der Waals surface area contributed by atoms with Crippen LogP contribution in [-0.4, -0.2) is 43.5 Å². The van der Waals surface area contributed by atoms with Gasteiger partial charge in [0.25, 0.3) is 0 Å². The summed E-state index contributed by atoms with van der Waals surface area (Å²) in [5.41, 5.74) is 0.847. The lowest BCUT2D eigenvalue weighted by Crippen LogP contribution is -2.52. The summed E-state index contributed by atoms with van der Waals surface area (Å²) in [7, 11) is -4.43. The van der Waals surface area contributed by atoms with Gasteiger partial charge in [-0.25, -0.2) is 0 Å². The minimum Gasteiger partial charge on any atom is -0.394 e. The van der Waals surface area contributed by atoms with E-state index >= 15 is 0 Å². The fourth-order valence-corrected chi connectivity index (χ4v) is 11.2. The van der Waals surface area contributed by atoms with E-state index in [2.05, 4.69) is 40.8 Å². The van der Waals surface area contributed by atoms with Crippen LogP contribution in [0.3, 0.4) is 0 Å². The van der Waals surface area contributed by atoms with E-state index in [1.54, 1.807) is 0 Å². The molecule has 0 aromatic heterocycles. The smallest absolute Gasteiger partial charge is 0.336 e. The van der Waals surface area contributed by atoms with E-state index in [1.165, 1.54) is 0 Å². The highest BCUT2D eigenvalue weighted by Crippen LogP contribution is 2.25. The second-order valence-electron chi connectivity index (χ2n) is 5.84. The molecule has 0 aliphatic carbocycles.